The van der Waals surface area contributed by atoms with Crippen LogP contribution in [0.15, 0.2) is 49.6 Å². The van der Waals surface area contributed by atoms with E-state index in [1.807, 2.05) is 52.0 Å². The van der Waals surface area contributed by atoms with E-state index in [4.69, 9.17) is 0 Å². The van der Waals surface area contributed by atoms with Crippen LogP contribution in [0.5, 0.6) is 0 Å². The Bertz CT molecular complexity index is 437. The van der Waals surface area contributed by atoms with Gasteiger partial charge in [0.15, 0.2) is 0 Å². The van der Waals surface area contributed by atoms with Crippen LogP contribution in [-0.2, 0) is 9.59 Å². The topological polar surface area (TPSA) is 74.6 Å². The molecule has 0 bridgehead atoms. The molecule has 0 fully saturated rings. The first-order chi connectivity index (χ1) is 13.3. The average molecular weight is 425 g/mol. The lowest BCUT2D eigenvalue weighted by Gasteiger charge is -2.21. The monoisotopic (exact) mass is 424 g/mol. The number of carbonyl (C=O) groups excluding carboxylic acids is 2. The molecule has 0 rings (SSSR count). The Morgan fingerprint density at radius 1 is 0.733 bits per heavy atom. The molecule has 0 aliphatic rings. The molecule has 0 aliphatic carbocycles. The van der Waals surface area contributed by atoms with Crippen LogP contribution in [0.4, 0.5) is 0 Å². The van der Waals surface area contributed by atoms with Gasteiger partial charge in [-0.2, -0.15) is 0 Å². The van der Waals surface area contributed by atoms with Gasteiger partial charge in [0, 0.05) is 11.8 Å². The second-order valence-corrected chi connectivity index (χ2v) is 7.15. The van der Waals surface area contributed by atoms with Crippen molar-refractivity contribution in [2.45, 2.75) is 80.4 Å². The number of aliphatic hydroxyl groups excluding tert-OH is 2. The van der Waals surface area contributed by atoms with Gasteiger partial charge in [-0.25, -0.2) is 0 Å². The molecule has 176 valence electrons. The molecule has 0 radical (unpaired) electrons. The van der Waals surface area contributed by atoms with Gasteiger partial charge in [-0.15, -0.1) is 0 Å². The Morgan fingerprint density at radius 3 is 1.23 bits per heavy atom. The Balaban J connectivity index is -0.000000211. The van der Waals surface area contributed by atoms with Crippen molar-refractivity contribution in [2.75, 3.05) is 0 Å². The van der Waals surface area contributed by atoms with Gasteiger partial charge in [0.05, 0.1) is 12.2 Å². The fourth-order valence-electron chi connectivity index (χ4n) is 2.74. The van der Waals surface area contributed by atoms with Crippen LogP contribution < -0.4 is 0 Å². The molecule has 6 atom stereocenters. The highest BCUT2D eigenvalue weighted by molar-refractivity contribution is 5.54. The summed E-state index contributed by atoms with van der Waals surface area (Å²) in [4.78, 5) is 21.2. The number of allylic oxidation sites excluding steroid dienone is 6. The quantitative estimate of drug-likeness (QED) is 0.267. The molecule has 0 unspecified atom stereocenters. The summed E-state index contributed by atoms with van der Waals surface area (Å²) < 4.78 is 0. The van der Waals surface area contributed by atoms with Crippen molar-refractivity contribution < 1.29 is 19.8 Å². The Hall–Kier alpha value is -1.78. The largest absolute Gasteiger partial charge is 0.392 e. The Morgan fingerprint density at radius 2 is 1.03 bits per heavy atom. The van der Waals surface area contributed by atoms with Gasteiger partial charge in [0.25, 0.3) is 0 Å². The second-order valence-electron chi connectivity index (χ2n) is 7.15. The SMILES string of the molecule is C.C.C=C/C=C/C[C@@H](C)[C@@H](O)[C@@H](C=O)CC.C=C/C=C\C[C@@H](C)[C@@H](O)[C@@H](C=O)CC. The molecule has 0 aromatic rings. The lowest BCUT2D eigenvalue weighted by Crippen LogP contribution is -2.27. The van der Waals surface area contributed by atoms with E-state index in [1.165, 1.54) is 0 Å². The molecule has 0 aromatic carbocycles. The van der Waals surface area contributed by atoms with Crippen molar-refractivity contribution >= 4 is 12.6 Å². The first-order valence-electron chi connectivity index (χ1n) is 10.2. The minimum absolute atomic E-state index is 0. The van der Waals surface area contributed by atoms with E-state index in [2.05, 4.69) is 13.2 Å². The zero-order chi connectivity index (χ0) is 21.9. The first-order valence-corrected chi connectivity index (χ1v) is 10.2. The van der Waals surface area contributed by atoms with E-state index in [1.54, 1.807) is 12.2 Å². The molecule has 0 heterocycles. The van der Waals surface area contributed by atoms with Gasteiger partial charge in [-0.05, 0) is 37.5 Å². The predicted molar refractivity (Wildman–Crippen MR) is 131 cm³/mol. The van der Waals surface area contributed by atoms with Crippen LogP contribution in [0.1, 0.15) is 68.2 Å². The van der Waals surface area contributed by atoms with Gasteiger partial charge < -0.3 is 19.8 Å². The molecule has 0 aliphatic heterocycles. The third-order valence-corrected chi connectivity index (χ3v) is 4.90. The summed E-state index contributed by atoms with van der Waals surface area (Å²) >= 11 is 0. The third-order valence-electron chi connectivity index (χ3n) is 4.90. The Kier molecular flexibility index (Phi) is 27.9. The summed E-state index contributed by atoms with van der Waals surface area (Å²) in [7, 11) is 0. The molecule has 0 aromatic heterocycles. The summed E-state index contributed by atoms with van der Waals surface area (Å²) in [5.74, 6) is -0.244. The highest BCUT2D eigenvalue weighted by atomic mass is 16.3. The number of hydrogen-bond donors (Lipinski definition) is 2. The van der Waals surface area contributed by atoms with E-state index in [9.17, 15) is 19.8 Å². The van der Waals surface area contributed by atoms with Crippen molar-refractivity contribution in [3.8, 4) is 0 Å². The number of aliphatic hydroxyl groups is 2. The van der Waals surface area contributed by atoms with Crippen molar-refractivity contribution in [1.29, 1.82) is 0 Å². The van der Waals surface area contributed by atoms with Gasteiger partial charge in [0.2, 0.25) is 0 Å². The van der Waals surface area contributed by atoms with E-state index >= 15 is 0 Å². The van der Waals surface area contributed by atoms with Crippen molar-refractivity contribution in [3.63, 3.8) is 0 Å². The molecule has 4 heteroatoms. The van der Waals surface area contributed by atoms with Crippen LogP contribution >= 0.6 is 0 Å². The predicted octanol–water partition coefficient (Wildman–Crippen LogP) is 5.95. The zero-order valence-electron chi connectivity index (χ0n) is 18.0. The third kappa shape index (κ3) is 16.1. The molecular weight excluding hydrogens is 376 g/mol. The number of carbonyl (C=O) groups is 2. The minimum Gasteiger partial charge on any atom is -0.392 e. The van der Waals surface area contributed by atoms with Crippen molar-refractivity contribution in [2.24, 2.45) is 23.7 Å². The van der Waals surface area contributed by atoms with Crippen LogP contribution in [0, 0.1) is 23.7 Å². The Labute approximate surface area is 186 Å². The van der Waals surface area contributed by atoms with Gasteiger partial charge in [-0.1, -0.05) is 92.2 Å². The van der Waals surface area contributed by atoms with Crippen LogP contribution in [0.3, 0.4) is 0 Å². The second kappa shape index (κ2) is 23.5. The summed E-state index contributed by atoms with van der Waals surface area (Å²) in [6.45, 7) is 14.8. The maximum Gasteiger partial charge on any atom is 0.125 e. The highest BCUT2D eigenvalue weighted by Gasteiger charge is 2.22. The lowest BCUT2D eigenvalue weighted by molar-refractivity contribution is -0.116. The summed E-state index contributed by atoms with van der Waals surface area (Å²) in [6, 6.07) is 0. The van der Waals surface area contributed by atoms with E-state index in [0.717, 1.165) is 25.4 Å². The number of aldehydes is 2. The van der Waals surface area contributed by atoms with Gasteiger partial charge in [0.1, 0.15) is 12.6 Å². The van der Waals surface area contributed by atoms with Gasteiger partial charge in [-0.3, -0.25) is 0 Å². The maximum atomic E-state index is 10.6. The molecule has 0 spiro atoms. The molecule has 30 heavy (non-hydrogen) atoms. The average Bonchev–Trinajstić information content (AvgIpc) is 2.70. The fourth-order valence-corrected chi connectivity index (χ4v) is 2.74. The smallest absolute Gasteiger partial charge is 0.125 e. The number of hydrogen-bond acceptors (Lipinski definition) is 4. The molecule has 2 N–H and O–H groups in total. The molecule has 0 saturated carbocycles. The normalized spacial score (nSPS) is 16.5. The van der Waals surface area contributed by atoms with E-state index in [0.29, 0.717) is 12.8 Å². The standard InChI is InChI=1S/2C12H20O2.2CH4/c2*1-4-6-7-8-10(3)12(14)11(5-2)9-13;;/h2*4,6-7,9-12,14H,1,5,8H2,2-3H3;2*1H4/b7-6+;7-6-;;/t2*10-,11-,12-;;/m11../s1. The van der Waals surface area contributed by atoms with Gasteiger partial charge >= 0.3 is 0 Å². The molecule has 0 amide bonds. The molecule has 4 nitrogen and oxygen atoms in total. The van der Waals surface area contributed by atoms with E-state index < -0.39 is 12.2 Å². The summed E-state index contributed by atoms with van der Waals surface area (Å²) in [5, 5.41) is 19.6. The fraction of sp³-hybridized carbons (Fsp3) is 0.615. The van der Waals surface area contributed by atoms with Crippen LogP contribution in [-0.4, -0.2) is 35.0 Å². The van der Waals surface area contributed by atoms with Crippen LogP contribution in [0.2, 0.25) is 0 Å². The summed E-state index contributed by atoms with van der Waals surface area (Å²) in [6.07, 6.45) is 14.6. The molecular formula is C26H48O4. The van der Waals surface area contributed by atoms with Crippen molar-refractivity contribution in [3.05, 3.63) is 49.6 Å². The first kappa shape index (κ1) is 35.6. The minimum atomic E-state index is -0.535. The molecule has 0 saturated heterocycles. The lowest BCUT2D eigenvalue weighted by atomic mass is 9.89. The number of rotatable bonds is 14. The van der Waals surface area contributed by atoms with Crippen molar-refractivity contribution in [1.82, 2.24) is 0 Å². The highest BCUT2D eigenvalue weighted by Crippen LogP contribution is 2.18. The van der Waals surface area contributed by atoms with E-state index in [-0.39, 0.29) is 38.5 Å². The summed E-state index contributed by atoms with van der Waals surface area (Å²) in [5.41, 5.74) is 0. The van der Waals surface area contributed by atoms with Crippen LogP contribution in [0.25, 0.3) is 0 Å². The zero-order valence-corrected chi connectivity index (χ0v) is 18.0. The maximum absolute atomic E-state index is 10.6.